The van der Waals surface area contributed by atoms with E-state index in [4.69, 9.17) is 9.84 Å². The molecule has 0 saturated heterocycles. The fraction of sp³-hybridized carbons (Fsp3) is 0.867. The number of amides is 1. The number of aliphatic carboxylic acids is 1. The molecule has 2 atom stereocenters. The molecular formula is C15H27NO4. The van der Waals surface area contributed by atoms with Crippen molar-refractivity contribution >= 4 is 11.9 Å². The van der Waals surface area contributed by atoms with Crippen molar-refractivity contribution < 1.29 is 19.4 Å². The molecule has 0 aliphatic heterocycles. The second-order valence-electron chi connectivity index (χ2n) is 6.38. The quantitative estimate of drug-likeness (QED) is 0.752. The van der Waals surface area contributed by atoms with E-state index in [1.54, 1.807) is 0 Å². The molecule has 2 N–H and O–H groups in total. The molecule has 0 aromatic carbocycles. The molecule has 0 radical (unpaired) electrons. The maximum absolute atomic E-state index is 12.1. The Morgan fingerprint density at radius 3 is 2.65 bits per heavy atom. The largest absolute Gasteiger partial charge is 0.480 e. The minimum atomic E-state index is -1.00. The molecule has 1 aliphatic carbocycles. The van der Waals surface area contributed by atoms with Crippen LogP contribution in [0.25, 0.3) is 0 Å². The summed E-state index contributed by atoms with van der Waals surface area (Å²) in [6, 6.07) is -0.853. The molecule has 5 nitrogen and oxygen atoms in total. The van der Waals surface area contributed by atoms with Gasteiger partial charge in [-0.2, -0.15) is 0 Å². The average molecular weight is 285 g/mol. The first-order chi connectivity index (χ1) is 9.36. The summed E-state index contributed by atoms with van der Waals surface area (Å²) in [5.74, 6) is -0.820. The van der Waals surface area contributed by atoms with Gasteiger partial charge in [-0.3, -0.25) is 4.79 Å². The lowest BCUT2D eigenvalue weighted by Crippen LogP contribution is -2.43. The summed E-state index contributed by atoms with van der Waals surface area (Å²) >= 11 is 0. The Morgan fingerprint density at radius 2 is 2.10 bits per heavy atom. The van der Waals surface area contributed by atoms with E-state index in [9.17, 15) is 9.59 Å². The molecule has 1 saturated carbocycles. The molecule has 2 unspecified atom stereocenters. The fourth-order valence-electron chi connectivity index (χ4n) is 2.91. The molecule has 0 bridgehead atoms. The van der Waals surface area contributed by atoms with Crippen LogP contribution in [0.5, 0.6) is 0 Å². The summed E-state index contributed by atoms with van der Waals surface area (Å²) in [7, 11) is 1.52. The van der Waals surface area contributed by atoms with Crippen LogP contribution >= 0.6 is 0 Å². The molecule has 0 aromatic heterocycles. The average Bonchev–Trinajstić information content (AvgIpc) is 2.36. The van der Waals surface area contributed by atoms with E-state index in [0.29, 0.717) is 25.4 Å². The maximum atomic E-state index is 12.1. The molecule has 20 heavy (non-hydrogen) atoms. The number of methoxy groups -OCH3 is 1. The Kier molecular flexibility index (Phi) is 6.46. The lowest BCUT2D eigenvalue weighted by Gasteiger charge is -2.38. The second-order valence-corrected chi connectivity index (χ2v) is 6.38. The van der Waals surface area contributed by atoms with E-state index in [-0.39, 0.29) is 11.3 Å². The molecule has 1 rings (SSSR count). The van der Waals surface area contributed by atoms with Crippen LogP contribution in [0.4, 0.5) is 0 Å². The summed E-state index contributed by atoms with van der Waals surface area (Å²) in [5.41, 5.74) is 0.167. The lowest BCUT2D eigenvalue weighted by atomic mass is 9.67. The number of rotatable bonds is 7. The highest BCUT2D eigenvalue weighted by Crippen LogP contribution is 2.42. The lowest BCUT2D eigenvalue weighted by molar-refractivity contribution is -0.142. The summed E-state index contributed by atoms with van der Waals surface area (Å²) in [6.45, 7) is 4.72. The first-order valence-electron chi connectivity index (χ1n) is 7.38. The third-order valence-electron chi connectivity index (χ3n) is 4.40. The van der Waals surface area contributed by atoms with E-state index in [2.05, 4.69) is 19.2 Å². The van der Waals surface area contributed by atoms with Crippen LogP contribution < -0.4 is 5.32 Å². The monoisotopic (exact) mass is 285 g/mol. The van der Waals surface area contributed by atoms with Crippen LogP contribution in [0, 0.1) is 11.3 Å². The Hall–Kier alpha value is -1.10. The van der Waals surface area contributed by atoms with Gasteiger partial charge in [0.05, 0.1) is 0 Å². The molecule has 5 heteroatoms. The Bertz CT molecular complexity index is 341. The first kappa shape index (κ1) is 17.0. The van der Waals surface area contributed by atoms with Crippen LogP contribution in [0.2, 0.25) is 0 Å². The van der Waals surface area contributed by atoms with E-state index in [1.165, 1.54) is 13.5 Å². The van der Waals surface area contributed by atoms with Crippen molar-refractivity contribution in [2.45, 2.75) is 58.4 Å². The Balaban J connectivity index is 2.50. The number of carbonyl (C=O) groups excluding carboxylic acids is 1. The van der Waals surface area contributed by atoms with Crippen molar-refractivity contribution in [3.63, 3.8) is 0 Å². The van der Waals surface area contributed by atoms with Crippen molar-refractivity contribution in [3.05, 3.63) is 0 Å². The van der Waals surface area contributed by atoms with Gasteiger partial charge in [-0.15, -0.1) is 0 Å². The minimum absolute atomic E-state index is 0.159. The fourth-order valence-corrected chi connectivity index (χ4v) is 2.91. The van der Waals surface area contributed by atoms with Crippen molar-refractivity contribution in [1.82, 2.24) is 5.32 Å². The summed E-state index contributed by atoms with van der Waals surface area (Å²) in [5, 5.41) is 11.7. The molecule has 1 aliphatic rings. The number of hydrogen-bond acceptors (Lipinski definition) is 3. The zero-order valence-electron chi connectivity index (χ0n) is 12.8. The van der Waals surface area contributed by atoms with Crippen LogP contribution in [-0.4, -0.2) is 36.7 Å². The van der Waals surface area contributed by atoms with Crippen molar-refractivity contribution in [3.8, 4) is 0 Å². The minimum Gasteiger partial charge on any atom is -0.480 e. The third kappa shape index (κ3) is 5.12. The van der Waals surface area contributed by atoms with Gasteiger partial charge in [0.1, 0.15) is 6.04 Å². The standard InChI is InChI=1S/C15H27NO4/c1-15(2)8-5-4-6-11(15)10-13(17)16-12(14(18)19)7-9-20-3/h11-12H,4-10H2,1-3H3,(H,16,17)(H,18,19). The van der Waals surface area contributed by atoms with Crippen molar-refractivity contribution in [2.75, 3.05) is 13.7 Å². The normalized spacial score (nSPS) is 23.1. The summed E-state index contributed by atoms with van der Waals surface area (Å²) in [4.78, 5) is 23.2. The molecular weight excluding hydrogens is 258 g/mol. The summed E-state index contributed by atoms with van der Waals surface area (Å²) in [6.07, 6.45) is 5.28. The van der Waals surface area contributed by atoms with Gasteiger partial charge in [-0.05, 0) is 24.2 Å². The molecule has 116 valence electrons. The smallest absolute Gasteiger partial charge is 0.326 e. The van der Waals surface area contributed by atoms with Crippen LogP contribution in [0.15, 0.2) is 0 Å². The Labute approximate surface area is 121 Å². The van der Waals surface area contributed by atoms with Crippen LogP contribution in [0.1, 0.15) is 52.4 Å². The van der Waals surface area contributed by atoms with Crippen LogP contribution in [-0.2, 0) is 14.3 Å². The van der Waals surface area contributed by atoms with Gasteiger partial charge in [0.15, 0.2) is 0 Å². The predicted molar refractivity (Wildman–Crippen MR) is 76.4 cm³/mol. The van der Waals surface area contributed by atoms with Crippen molar-refractivity contribution in [2.24, 2.45) is 11.3 Å². The topological polar surface area (TPSA) is 75.6 Å². The third-order valence-corrected chi connectivity index (χ3v) is 4.40. The zero-order chi connectivity index (χ0) is 15.2. The zero-order valence-corrected chi connectivity index (χ0v) is 12.8. The van der Waals surface area contributed by atoms with E-state index in [1.807, 2.05) is 0 Å². The number of ether oxygens (including phenoxy) is 1. The van der Waals surface area contributed by atoms with E-state index in [0.717, 1.165) is 19.3 Å². The number of carboxylic acid groups (broad SMARTS) is 1. The molecule has 0 spiro atoms. The molecule has 0 heterocycles. The number of carboxylic acids is 1. The highest BCUT2D eigenvalue weighted by atomic mass is 16.5. The van der Waals surface area contributed by atoms with Crippen molar-refractivity contribution in [1.29, 1.82) is 0 Å². The number of carbonyl (C=O) groups is 2. The van der Waals surface area contributed by atoms with Gasteiger partial charge in [-0.1, -0.05) is 26.7 Å². The SMILES string of the molecule is COCCC(NC(=O)CC1CCCCC1(C)C)C(=O)O. The first-order valence-corrected chi connectivity index (χ1v) is 7.38. The summed E-state index contributed by atoms with van der Waals surface area (Å²) < 4.78 is 4.87. The molecule has 1 fully saturated rings. The van der Waals surface area contributed by atoms with Gasteiger partial charge < -0.3 is 15.2 Å². The van der Waals surface area contributed by atoms with Gasteiger partial charge in [-0.25, -0.2) is 4.79 Å². The van der Waals surface area contributed by atoms with Crippen LogP contribution in [0.3, 0.4) is 0 Å². The van der Waals surface area contributed by atoms with Gasteiger partial charge >= 0.3 is 5.97 Å². The highest BCUT2D eigenvalue weighted by molar-refractivity contribution is 5.83. The highest BCUT2D eigenvalue weighted by Gasteiger charge is 2.34. The van der Waals surface area contributed by atoms with Gasteiger partial charge in [0.25, 0.3) is 0 Å². The number of nitrogens with one attached hydrogen (secondary N) is 1. The maximum Gasteiger partial charge on any atom is 0.326 e. The van der Waals surface area contributed by atoms with E-state index >= 15 is 0 Å². The number of hydrogen-bond donors (Lipinski definition) is 2. The Morgan fingerprint density at radius 1 is 1.40 bits per heavy atom. The van der Waals surface area contributed by atoms with E-state index < -0.39 is 12.0 Å². The molecule has 0 aromatic rings. The van der Waals surface area contributed by atoms with Gasteiger partial charge in [0, 0.05) is 26.6 Å². The second kappa shape index (κ2) is 7.62. The van der Waals surface area contributed by atoms with Gasteiger partial charge in [0.2, 0.25) is 5.91 Å². The molecule has 1 amide bonds. The predicted octanol–water partition coefficient (Wildman–Crippen LogP) is 2.20.